The maximum atomic E-state index is 12.8. The molecule has 0 radical (unpaired) electrons. The first kappa shape index (κ1) is 16.5. The summed E-state index contributed by atoms with van der Waals surface area (Å²) in [5, 5.41) is 8.12. The minimum atomic E-state index is 0.0848. The smallest absolute Gasteiger partial charge is 0.233 e. The third-order valence-corrected chi connectivity index (χ3v) is 4.85. The zero-order chi connectivity index (χ0) is 17.9. The molecule has 3 aromatic rings. The van der Waals surface area contributed by atoms with E-state index in [1.54, 1.807) is 4.68 Å². The number of aromatic nitrogens is 3. The monoisotopic (exact) mass is 346 g/mol. The number of hydrogen-bond donors (Lipinski definition) is 0. The minimum absolute atomic E-state index is 0.0848. The fraction of sp³-hybridized carbons (Fsp3) is 0.286. The molecule has 0 atom stereocenters. The molecule has 0 saturated heterocycles. The van der Waals surface area contributed by atoms with Gasteiger partial charge in [-0.25, -0.2) is 0 Å². The minimum Gasteiger partial charge on any atom is -0.312 e. The summed E-state index contributed by atoms with van der Waals surface area (Å²) in [6, 6.07) is 16.8. The van der Waals surface area contributed by atoms with Crippen molar-refractivity contribution in [2.24, 2.45) is 0 Å². The molecule has 5 heteroatoms. The molecule has 0 N–H and O–H groups in total. The van der Waals surface area contributed by atoms with Gasteiger partial charge in [-0.05, 0) is 48.6 Å². The number of fused-ring (bicyclic) bond motifs is 1. The summed E-state index contributed by atoms with van der Waals surface area (Å²) in [6.07, 6.45) is 4.13. The van der Waals surface area contributed by atoms with E-state index in [-0.39, 0.29) is 5.91 Å². The fourth-order valence-corrected chi connectivity index (χ4v) is 3.49. The average molecular weight is 346 g/mol. The van der Waals surface area contributed by atoms with Crippen LogP contribution in [0, 0.1) is 0 Å². The van der Waals surface area contributed by atoms with Gasteiger partial charge < -0.3 is 4.90 Å². The number of benzene rings is 2. The van der Waals surface area contributed by atoms with Gasteiger partial charge in [-0.3, -0.25) is 9.48 Å². The molecule has 0 spiro atoms. The molecule has 1 amide bonds. The molecule has 0 fully saturated rings. The van der Waals surface area contributed by atoms with Crippen molar-refractivity contribution >= 4 is 11.6 Å². The van der Waals surface area contributed by atoms with Gasteiger partial charge in [0, 0.05) is 25.0 Å². The van der Waals surface area contributed by atoms with Crippen molar-refractivity contribution in [1.82, 2.24) is 15.0 Å². The molecule has 0 aliphatic carbocycles. The van der Waals surface area contributed by atoms with Gasteiger partial charge in [-0.15, -0.1) is 5.10 Å². The Morgan fingerprint density at radius 1 is 1.12 bits per heavy atom. The van der Waals surface area contributed by atoms with Gasteiger partial charge in [0.05, 0.1) is 12.1 Å². The molecule has 1 aliphatic rings. The van der Waals surface area contributed by atoms with Gasteiger partial charge >= 0.3 is 0 Å². The van der Waals surface area contributed by atoms with Crippen LogP contribution in [-0.4, -0.2) is 27.4 Å². The van der Waals surface area contributed by atoms with Gasteiger partial charge in [0.1, 0.15) is 0 Å². The fourth-order valence-electron chi connectivity index (χ4n) is 3.49. The summed E-state index contributed by atoms with van der Waals surface area (Å²) in [4.78, 5) is 14.7. The molecule has 132 valence electrons. The van der Waals surface area contributed by atoms with Crippen LogP contribution in [0.5, 0.6) is 0 Å². The quantitative estimate of drug-likeness (QED) is 0.727. The normalized spacial score (nSPS) is 13.5. The zero-order valence-corrected chi connectivity index (χ0v) is 14.9. The second-order valence-electron chi connectivity index (χ2n) is 6.60. The number of nitrogens with zero attached hydrogens (tertiary/aromatic N) is 4. The lowest BCUT2D eigenvalue weighted by Crippen LogP contribution is -2.36. The number of anilines is 1. The summed E-state index contributed by atoms with van der Waals surface area (Å²) in [5.74, 6) is 0.0848. The molecular weight excluding hydrogens is 324 g/mol. The molecule has 4 rings (SSSR count). The summed E-state index contributed by atoms with van der Waals surface area (Å²) in [5.41, 5.74) is 5.40. The molecule has 2 aromatic carbocycles. The van der Waals surface area contributed by atoms with E-state index in [2.05, 4.69) is 40.6 Å². The summed E-state index contributed by atoms with van der Waals surface area (Å²) in [7, 11) is 0. The van der Waals surface area contributed by atoms with Crippen LogP contribution in [0.4, 0.5) is 5.69 Å². The van der Waals surface area contributed by atoms with Crippen LogP contribution in [0.25, 0.3) is 11.1 Å². The van der Waals surface area contributed by atoms with Gasteiger partial charge in [0.15, 0.2) is 0 Å². The van der Waals surface area contributed by atoms with Crippen molar-refractivity contribution in [1.29, 1.82) is 0 Å². The lowest BCUT2D eigenvalue weighted by Gasteiger charge is -2.30. The highest BCUT2D eigenvalue weighted by molar-refractivity contribution is 5.96. The van der Waals surface area contributed by atoms with E-state index in [1.165, 1.54) is 16.7 Å². The third kappa shape index (κ3) is 3.25. The third-order valence-electron chi connectivity index (χ3n) is 4.85. The Balaban J connectivity index is 1.57. The molecule has 1 aliphatic heterocycles. The van der Waals surface area contributed by atoms with Crippen LogP contribution in [0.15, 0.2) is 54.7 Å². The van der Waals surface area contributed by atoms with E-state index in [0.717, 1.165) is 37.3 Å². The summed E-state index contributed by atoms with van der Waals surface area (Å²) < 4.78 is 1.75. The Morgan fingerprint density at radius 3 is 2.73 bits per heavy atom. The highest BCUT2D eigenvalue weighted by Gasteiger charge is 2.23. The standard InChI is InChI=1S/C21H22N4O/c1-2-24-15-19(22-23-24)14-21(26)25-12-6-9-18-13-17(10-11-20(18)25)16-7-4-3-5-8-16/h3-5,7-8,10-11,13,15H,2,6,9,12,14H2,1H3. The van der Waals surface area contributed by atoms with Crippen molar-refractivity contribution in [3.05, 3.63) is 66.0 Å². The average Bonchev–Trinajstić information content (AvgIpc) is 3.15. The second kappa shape index (κ2) is 7.12. The highest BCUT2D eigenvalue weighted by Crippen LogP contribution is 2.32. The molecule has 26 heavy (non-hydrogen) atoms. The number of rotatable bonds is 4. The Hall–Kier alpha value is -2.95. The van der Waals surface area contributed by atoms with Crippen molar-refractivity contribution in [2.45, 2.75) is 32.7 Å². The number of carbonyl (C=O) groups is 1. The summed E-state index contributed by atoms with van der Waals surface area (Å²) >= 11 is 0. The van der Waals surface area contributed by atoms with Crippen molar-refractivity contribution < 1.29 is 4.79 Å². The van der Waals surface area contributed by atoms with E-state index >= 15 is 0 Å². The number of amides is 1. The van der Waals surface area contributed by atoms with Crippen molar-refractivity contribution in [3.63, 3.8) is 0 Å². The SMILES string of the molecule is CCn1cc(CC(=O)N2CCCc3cc(-c4ccccc4)ccc32)nn1. The maximum Gasteiger partial charge on any atom is 0.233 e. The van der Waals surface area contributed by atoms with Crippen molar-refractivity contribution in [3.8, 4) is 11.1 Å². The van der Waals surface area contributed by atoms with Crippen LogP contribution in [-0.2, 0) is 24.2 Å². The number of aryl methyl sites for hydroxylation is 2. The van der Waals surface area contributed by atoms with Gasteiger partial charge in [-0.2, -0.15) is 0 Å². The van der Waals surface area contributed by atoms with E-state index in [0.29, 0.717) is 6.42 Å². The van der Waals surface area contributed by atoms with Crippen LogP contribution in [0.1, 0.15) is 24.6 Å². The van der Waals surface area contributed by atoms with Crippen LogP contribution in [0.3, 0.4) is 0 Å². The molecule has 0 unspecified atom stereocenters. The Morgan fingerprint density at radius 2 is 1.96 bits per heavy atom. The maximum absolute atomic E-state index is 12.8. The predicted octanol–water partition coefficient (Wildman–Crippen LogP) is 3.49. The van der Waals surface area contributed by atoms with E-state index in [9.17, 15) is 4.79 Å². The van der Waals surface area contributed by atoms with E-state index < -0.39 is 0 Å². The zero-order valence-electron chi connectivity index (χ0n) is 14.9. The van der Waals surface area contributed by atoms with Gasteiger partial charge in [0.2, 0.25) is 5.91 Å². The predicted molar refractivity (Wildman–Crippen MR) is 102 cm³/mol. The second-order valence-corrected chi connectivity index (χ2v) is 6.60. The highest BCUT2D eigenvalue weighted by atomic mass is 16.2. The lowest BCUT2D eigenvalue weighted by atomic mass is 9.96. The van der Waals surface area contributed by atoms with Gasteiger partial charge in [-0.1, -0.05) is 41.6 Å². The Bertz CT molecular complexity index is 917. The molecule has 0 bridgehead atoms. The number of carbonyl (C=O) groups excluding carboxylic acids is 1. The van der Waals surface area contributed by atoms with Gasteiger partial charge in [0.25, 0.3) is 0 Å². The largest absolute Gasteiger partial charge is 0.312 e. The first-order chi connectivity index (χ1) is 12.7. The van der Waals surface area contributed by atoms with E-state index in [1.807, 2.05) is 36.2 Å². The first-order valence-corrected chi connectivity index (χ1v) is 9.12. The van der Waals surface area contributed by atoms with Crippen LogP contribution >= 0.6 is 0 Å². The van der Waals surface area contributed by atoms with Crippen LogP contribution in [0.2, 0.25) is 0 Å². The van der Waals surface area contributed by atoms with Crippen molar-refractivity contribution in [2.75, 3.05) is 11.4 Å². The Kier molecular flexibility index (Phi) is 4.52. The van der Waals surface area contributed by atoms with Crippen LogP contribution < -0.4 is 4.90 Å². The molecule has 2 heterocycles. The number of hydrogen-bond acceptors (Lipinski definition) is 3. The topological polar surface area (TPSA) is 51.0 Å². The summed E-state index contributed by atoms with van der Waals surface area (Å²) in [6.45, 7) is 3.53. The van der Waals surface area contributed by atoms with E-state index in [4.69, 9.17) is 0 Å². The molecule has 1 aromatic heterocycles. The Labute approximate surface area is 153 Å². The first-order valence-electron chi connectivity index (χ1n) is 9.12. The molecule has 0 saturated carbocycles. The molecule has 5 nitrogen and oxygen atoms in total. The lowest BCUT2D eigenvalue weighted by molar-refractivity contribution is -0.118. The molecular formula is C21H22N4O.